The standard InChI is InChI=1S/C12H17NO2/c1-7(2)12-9-6-11(15)10(14)5-8(9)3-4-13-12/h5-7,12-15H,3-4H2,1-2H3. The molecule has 3 heteroatoms. The van der Waals surface area contributed by atoms with E-state index >= 15 is 0 Å². The van der Waals surface area contributed by atoms with Gasteiger partial charge < -0.3 is 15.5 Å². The lowest BCUT2D eigenvalue weighted by Gasteiger charge is -2.30. The van der Waals surface area contributed by atoms with Gasteiger partial charge in [0.05, 0.1) is 0 Å². The van der Waals surface area contributed by atoms with E-state index in [0.717, 1.165) is 24.1 Å². The van der Waals surface area contributed by atoms with E-state index in [1.54, 1.807) is 12.1 Å². The van der Waals surface area contributed by atoms with Crippen molar-refractivity contribution >= 4 is 0 Å². The molecule has 0 fully saturated rings. The maximum absolute atomic E-state index is 9.50. The highest BCUT2D eigenvalue weighted by molar-refractivity contribution is 5.47. The normalized spacial score (nSPS) is 20.3. The monoisotopic (exact) mass is 207 g/mol. The van der Waals surface area contributed by atoms with Crippen molar-refractivity contribution in [2.45, 2.75) is 26.3 Å². The van der Waals surface area contributed by atoms with Gasteiger partial charge in [0.2, 0.25) is 0 Å². The fraction of sp³-hybridized carbons (Fsp3) is 0.500. The summed E-state index contributed by atoms with van der Waals surface area (Å²) in [5, 5.41) is 22.4. The molecule has 0 spiro atoms. The third-order valence-electron chi connectivity index (χ3n) is 3.00. The summed E-state index contributed by atoms with van der Waals surface area (Å²) in [5.74, 6) is 0.439. The molecule has 15 heavy (non-hydrogen) atoms. The molecule has 82 valence electrons. The number of phenolic OH excluding ortho intramolecular Hbond substituents is 2. The zero-order valence-corrected chi connectivity index (χ0v) is 9.12. The van der Waals surface area contributed by atoms with E-state index in [2.05, 4.69) is 19.2 Å². The number of fused-ring (bicyclic) bond motifs is 1. The van der Waals surface area contributed by atoms with Gasteiger partial charge in [-0.2, -0.15) is 0 Å². The van der Waals surface area contributed by atoms with Crippen molar-refractivity contribution in [2.75, 3.05) is 6.54 Å². The quantitative estimate of drug-likeness (QED) is 0.617. The van der Waals surface area contributed by atoms with Gasteiger partial charge in [0.15, 0.2) is 11.5 Å². The fourth-order valence-electron chi connectivity index (χ4n) is 2.21. The summed E-state index contributed by atoms with van der Waals surface area (Å²) in [6.07, 6.45) is 0.909. The second-order valence-corrected chi connectivity index (χ2v) is 4.47. The van der Waals surface area contributed by atoms with Gasteiger partial charge in [0, 0.05) is 6.04 Å². The average Bonchev–Trinajstić information content (AvgIpc) is 2.18. The molecule has 0 radical (unpaired) electrons. The number of hydrogen-bond donors (Lipinski definition) is 3. The summed E-state index contributed by atoms with van der Waals surface area (Å²) >= 11 is 0. The van der Waals surface area contributed by atoms with Crippen molar-refractivity contribution in [3.8, 4) is 11.5 Å². The Balaban J connectivity index is 2.47. The zero-order valence-electron chi connectivity index (χ0n) is 9.12. The molecule has 3 N–H and O–H groups in total. The van der Waals surface area contributed by atoms with Crippen LogP contribution in [0.2, 0.25) is 0 Å². The van der Waals surface area contributed by atoms with Crippen molar-refractivity contribution in [3.05, 3.63) is 23.3 Å². The Morgan fingerprint density at radius 3 is 2.60 bits per heavy atom. The number of benzene rings is 1. The Kier molecular flexibility index (Phi) is 2.57. The molecular weight excluding hydrogens is 190 g/mol. The van der Waals surface area contributed by atoms with Crippen LogP contribution in [0, 0.1) is 5.92 Å². The summed E-state index contributed by atoms with van der Waals surface area (Å²) in [6.45, 7) is 5.23. The number of rotatable bonds is 1. The van der Waals surface area contributed by atoms with Crippen LogP contribution in [0.25, 0.3) is 0 Å². The first-order chi connectivity index (χ1) is 7.09. The maximum Gasteiger partial charge on any atom is 0.157 e. The molecule has 1 aliphatic rings. The third kappa shape index (κ3) is 1.79. The summed E-state index contributed by atoms with van der Waals surface area (Å²) < 4.78 is 0. The Bertz CT molecular complexity index is 374. The molecule has 1 atom stereocenters. The van der Waals surface area contributed by atoms with Gasteiger partial charge in [0.1, 0.15) is 0 Å². The molecule has 3 nitrogen and oxygen atoms in total. The Morgan fingerprint density at radius 2 is 1.93 bits per heavy atom. The largest absolute Gasteiger partial charge is 0.504 e. The van der Waals surface area contributed by atoms with Crippen LogP contribution in [0.5, 0.6) is 11.5 Å². The molecule has 0 amide bonds. The van der Waals surface area contributed by atoms with Gasteiger partial charge >= 0.3 is 0 Å². The molecule has 0 aromatic heterocycles. The Morgan fingerprint density at radius 1 is 1.27 bits per heavy atom. The number of aromatic hydroxyl groups is 2. The minimum atomic E-state index is -0.0249. The first kappa shape index (κ1) is 10.3. The molecule has 1 unspecified atom stereocenters. The third-order valence-corrected chi connectivity index (χ3v) is 3.00. The lowest BCUT2D eigenvalue weighted by Crippen LogP contribution is -2.32. The summed E-state index contributed by atoms with van der Waals surface area (Å²) in [6, 6.07) is 3.64. The highest BCUT2D eigenvalue weighted by Crippen LogP contribution is 2.35. The van der Waals surface area contributed by atoms with E-state index in [4.69, 9.17) is 0 Å². The number of hydrogen-bond acceptors (Lipinski definition) is 3. The predicted octanol–water partition coefficient (Wildman–Crippen LogP) is 1.94. The summed E-state index contributed by atoms with van der Waals surface area (Å²) in [5.41, 5.74) is 2.26. The van der Waals surface area contributed by atoms with Gasteiger partial charge in [0.25, 0.3) is 0 Å². The summed E-state index contributed by atoms with van der Waals surface area (Å²) in [4.78, 5) is 0. The SMILES string of the molecule is CC(C)C1NCCc2cc(O)c(O)cc21. The first-order valence-electron chi connectivity index (χ1n) is 5.37. The molecule has 0 saturated carbocycles. The Labute approximate surface area is 89.8 Å². The van der Waals surface area contributed by atoms with Gasteiger partial charge in [-0.3, -0.25) is 0 Å². The molecule has 0 bridgehead atoms. The molecule has 1 aromatic carbocycles. The van der Waals surface area contributed by atoms with Crippen molar-refractivity contribution in [3.63, 3.8) is 0 Å². The highest BCUT2D eigenvalue weighted by atomic mass is 16.3. The number of phenols is 2. The van der Waals surface area contributed by atoms with Crippen LogP contribution < -0.4 is 5.32 Å². The van der Waals surface area contributed by atoms with Gasteiger partial charge in [-0.1, -0.05) is 13.8 Å². The predicted molar refractivity (Wildman–Crippen MR) is 59.1 cm³/mol. The molecule has 0 aliphatic carbocycles. The van der Waals surface area contributed by atoms with Crippen molar-refractivity contribution < 1.29 is 10.2 Å². The van der Waals surface area contributed by atoms with Gasteiger partial charge in [-0.05, 0) is 42.1 Å². The summed E-state index contributed by atoms with van der Waals surface area (Å²) in [7, 11) is 0. The molecule has 1 heterocycles. The molecule has 0 saturated heterocycles. The minimum absolute atomic E-state index is 0.0156. The minimum Gasteiger partial charge on any atom is -0.504 e. The second-order valence-electron chi connectivity index (χ2n) is 4.47. The average molecular weight is 207 g/mol. The van der Waals surface area contributed by atoms with E-state index in [-0.39, 0.29) is 17.5 Å². The van der Waals surface area contributed by atoms with Gasteiger partial charge in [-0.15, -0.1) is 0 Å². The molecule has 1 aliphatic heterocycles. The van der Waals surface area contributed by atoms with Crippen LogP contribution in [0.3, 0.4) is 0 Å². The first-order valence-corrected chi connectivity index (χ1v) is 5.37. The van der Waals surface area contributed by atoms with Crippen LogP contribution in [-0.2, 0) is 6.42 Å². The second kappa shape index (κ2) is 3.74. The Hall–Kier alpha value is -1.22. The van der Waals surface area contributed by atoms with E-state index in [0.29, 0.717) is 5.92 Å². The van der Waals surface area contributed by atoms with Crippen molar-refractivity contribution in [1.82, 2.24) is 5.32 Å². The van der Waals surface area contributed by atoms with E-state index in [1.165, 1.54) is 0 Å². The topological polar surface area (TPSA) is 52.5 Å². The van der Waals surface area contributed by atoms with E-state index in [9.17, 15) is 10.2 Å². The molecule has 2 rings (SSSR count). The van der Waals surface area contributed by atoms with Crippen molar-refractivity contribution in [1.29, 1.82) is 0 Å². The fourth-order valence-corrected chi connectivity index (χ4v) is 2.21. The molecule has 1 aromatic rings. The van der Waals surface area contributed by atoms with E-state index in [1.807, 2.05) is 0 Å². The highest BCUT2D eigenvalue weighted by Gasteiger charge is 2.23. The van der Waals surface area contributed by atoms with Crippen LogP contribution >= 0.6 is 0 Å². The zero-order chi connectivity index (χ0) is 11.0. The lowest BCUT2D eigenvalue weighted by atomic mass is 9.87. The smallest absolute Gasteiger partial charge is 0.157 e. The van der Waals surface area contributed by atoms with Crippen LogP contribution in [0.1, 0.15) is 31.0 Å². The van der Waals surface area contributed by atoms with Crippen LogP contribution in [-0.4, -0.2) is 16.8 Å². The lowest BCUT2D eigenvalue weighted by molar-refractivity contribution is 0.378. The van der Waals surface area contributed by atoms with Crippen molar-refractivity contribution in [2.24, 2.45) is 5.92 Å². The van der Waals surface area contributed by atoms with E-state index < -0.39 is 0 Å². The van der Waals surface area contributed by atoms with Gasteiger partial charge in [-0.25, -0.2) is 0 Å². The number of nitrogens with one attached hydrogen (secondary N) is 1. The van der Waals surface area contributed by atoms with Crippen LogP contribution in [0.4, 0.5) is 0 Å². The molecular formula is C12H17NO2. The van der Waals surface area contributed by atoms with Crippen LogP contribution in [0.15, 0.2) is 12.1 Å². The maximum atomic E-state index is 9.50.